The number of hydrogen-bond donors (Lipinski definition) is 5. The highest BCUT2D eigenvalue weighted by molar-refractivity contribution is 7.80. The molecule has 0 aromatic carbocycles. The predicted molar refractivity (Wildman–Crippen MR) is 61.6 cm³/mol. The van der Waals surface area contributed by atoms with Crippen LogP contribution in [0.1, 0.15) is 5.69 Å². The van der Waals surface area contributed by atoms with Crippen molar-refractivity contribution in [1.29, 1.82) is 0 Å². The van der Waals surface area contributed by atoms with Crippen LogP contribution in [-0.4, -0.2) is 40.6 Å². The average Bonchev–Trinajstić information content (AvgIpc) is 2.63. The van der Waals surface area contributed by atoms with Gasteiger partial charge in [0.1, 0.15) is 0 Å². The van der Waals surface area contributed by atoms with Gasteiger partial charge in [-0.3, -0.25) is 0 Å². The van der Waals surface area contributed by atoms with Crippen LogP contribution in [0.4, 0.5) is 0 Å². The molecule has 7 heteroatoms. The highest BCUT2D eigenvalue weighted by Gasteiger charge is 1.97. The number of H-pyrrole nitrogens is 1. The third-order valence-electron chi connectivity index (χ3n) is 1.74. The second kappa shape index (κ2) is 6.20. The summed E-state index contributed by atoms with van der Waals surface area (Å²) < 4.78 is 0. The highest BCUT2D eigenvalue weighted by Crippen LogP contribution is 2.03. The lowest BCUT2D eigenvalue weighted by molar-refractivity contribution is 0.452. The summed E-state index contributed by atoms with van der Waals surface area (Å²) in [4.78, 5) is 0. The van der Waals surface area contributed by atoms with Gasteiger partial charge in [0.25, 0.3) is 0 Å². The quantitative estimate of drug-likeness (QED) is 0.339. The lowest BCUT2D eigenvalue weighted by Gasteiger charge is -2.06. The standard InChI is InChI=1S/C8H15N5OS/c1-9-8(15)11-3-2-10-5-6-4-7(14)13-12-6/h4,10H,2-3,5H2,1H3,(H2,9,11,15)(H2,12,13,14). The first kappa shape index (κ1) is 11.7. The molecule has 0 radical (unpaired) electrons. The van der Waals surface area contributed by atoms with E-state index in [0.717, 1.165) is 18.8 Å². The van der Waals surface area contributed by atoms with E-state index in [0.29, 0.717) is 11.7 Å². The monoisotopic (exact) mass is 229 g/mol. The minimum Gasteiger partial charge on any atom is -0.494 e. The molecular weight excluding hydrogens is 214 g/mol. The second-order valence-corrected chi connectivity index (χ2v) is 3.34. The summed E-state index contributed by atoms with van der Waals surface area (Å²) in [6.45, 7) is 2.14. The van der Waals surface area contributed by atoms with Crippen molar-refractivity contribution in [1.82, 2.24) is 26.1 Å². The fourth-order valence-corrected chi connectivity index (χ4v) is 1.11. The molecule has 0 spiro atoms. The first-order valence-corrected chi connectivity index (χ1v) is 5.02. The van der Waals surface area contributed by atoms with Gasteiger partial charge < -0.3 is 21.1 Å². The van der Waals surface area contributed by atoms with Crippen molar-refractivity contribution in [2.45, 2.75) is 6.54 Å². The Bertz CT molecular complexity index is 314. The SMILES string of the molecule is CNC(=S)NCCNCc1cc(O)[nH]n1. The molecular formula is C8H15N5OS. The van der Waals surface area contributed by atoms with Gasteiger partial charge in [-0.2, -0.15) is 5.10 Å². The zero-order chi connectivity index (χ0) is 11.1. The molecule has 84 valence electrons. The molecule has 0 aliphatic rings. The summed E-state index contributed by atoms with van der Waals surface area (Å²) in [5, 5.41) is 24.9. The van der Waals surface area contributed by atoms with Gasteiger partial charge in [0.05, 0.1) is 5.69 Å². The van der Waals surface area contributed by atoms with Crippen LogP contribution in [0.15, 0.2) is 6.07 Å². The lowest BCUT2D eigenvalue weighted by Crippen LogP contribution is -2.37. The van der Waals surface area contributed by atoms with Gasteiger partial charge in [0.15, 0.2) is 5.11 Å². The number of nitrogens with zero attached hydrogens (tertiary/aromatic N) is 1. The van der Waals surface area contributed by atoms with E-state index in [4.69, 9.17) is 17.3 Å². The third kappa shape index (κ3) is 4.61. The molecule has 0 amide bonds. The Morgan fingerprint density at radius 3 is 3.00 bits per heavy atom. The smallest absolute Gasteiger partial charge is 0.206 e. The van der Waals surface area contributed by atoms with Crippen molar-refractivity contribution < 1.29 is 5.11 Å². The molecule has 1 rings (SSSR count). The molecule has 0 atom stereocenters. The van der Waals surface area contributed by atoms with E-state index >= 15 is 0 Å². The number of rotatable bonds is 5. The van der Waals surface area contributed by atoms with Crippen LogP contribution in [0.3, 0.4) is 0 Å². The van der Waals surface area contributed by atoms with Crippen molar-refractivity contribution in [3.63, 3.8) is 0 Å². The van der Waals surface area contributed by atoms with Crippen LogP contribution >= 0.6 is 12.2 Å². The zero-order valence-electron chi connectivity index (χ0n) is 8.50. The summed E-state index contributed by atoms with van der Waals surface area (Å²) in [5.74, 6) is 0.0845. The van der Waals surface area contributed by atoms with Crippen LogP contribution in [0.5, 0.6) is 5.88 Å². The van der Waals surface area contributed by atoms with Gasteiger partial charge in [-0.1, -0.05) is 0 Å². The van der Waals surface area contributed by atoms with E-state index in [2.05, 4.69) is 26.1 Å². The lowest BCUT2D eigenvalue weighted by atomic mass is 10.4. The Balaban J connectivity index is 2.05. The van der Waals surface area contributed by atoms with Crippen molar-refractivity contribution in [3.8, 4) is 5.88 Å². The van der Waals surface area contributed by atoms with Crippen molar-refractivity contribution in [2.75, 3.05) is 20.1 Å². The van der Waals surface area contributed by atoms with Crippen LogP contribution in [0.2, 0.25) is 0 Å². The number of aromatic nitrogens is 2. The summed E-state index contributed by atoms with van der Waals surface area (Å²) in [6, 6.07) is 1.58. The van der Waals surface area contributed by atoms with Crippen LogP contribution in [0.25, 0.3) is 0 Å². The normalized spacial score (nSPS) is 9.93. The van der Waals surface area contributed by atoms with Gasteiger partial charge in [-0.05, 0) is 12.2 Å². The topological polar surface area (TPSA) is 85.0 Å². The Morgan fingerprint density at radius 1 is 1.60 bits per heavy atom. The Kier molecular flexibility index (Phi) is 4.85. The van der Waals surface area contributed by atoms with E-state index in [1.807, 2.05) is 0 Å². The zero-order valence-corrected chi connectivity index (χ0v) is 9.32. The molecule has 5 N–H and O–H groups in total. The van der Waals surface area contributed by atoms with E-state index in [9.17, 15) is 0 Å². The van der Waals surface area contributed by atoms with Crippen molar-refractivity contribution in [2.24, 2.45) is 0 Å². The van der Waals surface area contributed by atoms with Crippen LogP contribution in [0, 0.1) is 0 Å². The van der Waals surface area contributed by atoms with Crippen molar-refractivity contribution in [3.05, 3.63) is 11.8 Å². The van der Waals surface area contributed by atoms with Gasteiger partial charge in [0.2, 0.25) is 5.88 Å². The molecule has 1 heterocycles. The average molecular weight is 229 g/mol. The largest absolute Gasteiger partial charge is 0.494 e. The number of hydrogen-bond acceptors (Lipinski definition) is 4. The van der Waals surface area contributed by atoms with Crippen molar-refractivity contribution >= 4 is 17.3 Å². The molecule has 0 aliphatic carbocycles. The molecule has 0 aliphatic heterocycles. The van der Waals surface area contributed by atoms with Gasteiger partial charge in [0, 0.05) is 32.7 Å². The van der Waals surface area contributed by atoms with Crippen LogP contribution in [-0.2, 0) is 6.54 Å². The molecule has 0 unspecified atom stereocenters. The number of nitrogens with one attached hydrogen (secondary N) is 4. The maximum Gasteiger partial charge on any atom is 0.206 e. The molecule has 1 aromatic heterocycles. The molecule has 6 nitrogen and oxygen atoms in total. The molecule has 0 bridgehead atoms. The van der Waals surface area contributed by atoms with E-state index < -0.39 is 0 Å². The van der Waals surface area contributed by atoms with Gasteiger partial charge in [-0.25, -0.2) is 5.10 Å². The molecule has 0 saturated heterocycles. The summed E-state index contributed by atoms with van der Waals surface area (Å²) in [7, 11) is 1.77. The Labute approximate surface area is 93.5 Å². The molecule has 1 aromatic rings. The fraction of sp³-hybridized carbons (Fsp3) is 0.500. The summed E-state index contributed by atoms with van der Waals surface area (Å²) in [6.07, 6.45) is 0. The highest BCUT2D eigenvalue weighted by atomic mass is 32.1. The third-order valence-corrected chi connectivity index (χ3v) is 2.09. The molecule has 0 fully saturated rings. The summed E-state index contributed by atoms with van der Waals surface area (Å²) >= 11 is 4.90. The Hall–Kier alpha value is -1.34. The first-order valence-electron chi connectivity index (χ1n) is 4.62. The van der Waals surface area contributed by atoms with E-state index in [1.165, 1.54) is 0 Å². The van der Waals surface area contributed by atoms with Crippen LogP contribution < -0.4 is 16.0 Å². The minimum absolute atomic E-state index is 0.0845. The van der Waals surface area contributed by atoms with E-state index in [1.54, 1.807) is 13.1 Å². The maximum atomic E-state index is 8.98. The predicted octanol–water partition coefficient (Wildman–Crippen LogP) is -0.701. The fourth-order valence-electron chi connectivity index (χ4n) is 1.01. The molecule has 15 heavy (non-hydrogen) atoms. The van der Waals surface area contributed by atoms with Gasteiger partial charge in [-0.15, -0.1) is 0 Å². The van der Waals surface area contributed by atoms with E-state index in [-0.39, 0.29) is 5.88 Å². The molecule has 0 saturated carbocycles. The Morgan fingerprint density at radius 2 is 2.40 bits per heavy atom. The first-order chi connectivity index (χ1) is 7.22. The number of aromatic amines is 1. The second-order valence-electron chi connectivity index (χ2n) is 2.93. The number of thiocarbonyl (C=S) groups is 1. The summed E-state index contributed by atoms with van der Waals surface area (Å²) in [5.41, 5.74) is 0.781. The number of aromatic hydroxyl groups is 1. The van der Waals surface area contributed by atoms with Gasteiger partial charge >= 0.3 is 0 Å². The maximum absolute atomic E-state index is 8.98. The minimum atomic E-state index is 0.0845.